The van der Waals surface area contributed by atoms with E-state index in [0.29, 0.717) is 18.9 Å². The lowest BCUT2D eigenvalue weighted by Crippen LogP contribution is -2.23. The van der Waals surface area contributed by atoms with Crippen LogP contribution >= 0.6 is 15.9 Å². The third kappa shape index (κ3) is 3.72. The molecule has 0 saturated heterocycles. The molecule has 6 heteroatoms. The quantitative estimate of drug-likeness (QED) is 0.865. The number of hydrogen-bond donors (Lipinski definition) is 2. The summed E-state index contributed by atoms with van der Waals surface area (Å²) in [5.74, 6) is -0.109. The number of hydrogen-bond acceptors (Lipinski definition) is 4. The molecule has 0 amide bonds. The van der Waals surface area contributed by atoms with Gasteiger partial charge in [-0.05, 0) is 37.3 Å². The van der Waals surface area contributed by atoms with Crippen LogP contribution in [0.1, 0.15) is 22.8 Å². The number of rotatable bonds is 5. The predicted molar refractivity (Wildman–Crippen MR) is 83.7 cm³/mol. The molecule has 0 radical (unpaired) electrons. The van der Waals surface area contributed by atoms with E-state index in [2.05, 4.69) is 20.9 Å². The number of carboxylic acid groups (broad SMARTS) is 1. The first-order valence-corrected chi connectivity index (χ1v) is 7.22. The minimum Gasteiger partial charge on any atom is -0.508 e. The number of carbonyl (C=O) groups is 1. The minimum atomic E-state index is -0.998. The van der Waals surface area contributed by atoms with E-state index in [-0.39, 0.29) is 11.3 Å². The highest BCUT2D eigenvalue weighted by Crippen LogP contribution is 2.25. The van der Waals surface area contributed by atoms with Crippen LogP contribution in [0.15, 0.2) is 41.0 Å². The van der Waals surface area contributed by atoms with Gasteiger partial charge in [0.25, 0.3) is 0 Å². The van der Waals surface area contributed by atoms with Crippen molar-refractivity contribution < 1.29 is 15.0 Å². The number of aromatic carboxylic acids is 1. The van der Waals surface area contributed by atoms with Gasteiger partial charge in [0.05, 0.1) is 5.56 Å². The molecule has 5 nitrogen and oxygen atoms in total. The van der Waals surface area contributed by atoms with Gasteiger partial charge in [-0.1, -0.05) is 15.9 Å². The van der Waals surface area contributed by atoms with E-state index in [1.54, 1.807) is 18.2 Å². The third-order valence-electron chi connectivity index (χ3n) is 3.10. The molecule has 110 valence electrons. The summed E-state index contributed by atoms with van der Waals surface area (Å²) in [4.78, 5) is 17.0. The normalized spacial score (nSPS) is 10.4. The van der Waals surface area contributed by atoms with Gasteiger partial charge < -0.3 is 15.1 Å². The Bertz CT molecular complexity index is 644. The number of anilines is 1. The van der Waals surface area contributed by atoms with Crippen LogP contribution in [0.5, 0.6) is 5.75 Å². The lowest BCUT2D eigenvalue weighted by molar-refractivity contribution is 0.0696. The van der Waals surface area contributed by atoms with Crippen LogP contribution < -0.4 is 4.90 Å². The number of phenols is 1. The average molecular weight is 351 g/mol. The van der Waals surface area contributed by atoms with Gasteiger partial charge in [-0.15, -0.1) is 0 Å². The summed E-state index contributed by atoms with van der Waals surface area (Å²) in [6.45, 7) is 3.15. The van der Waals surface area contributed by atoms with Gasteiger partial charge in [0.15, 0.2) is 0 Å². The molecule has 0 spiro atoms. The van der Waals surface area contributed by atoms with E-state index >= 15 is 0 Å². The van der Waals surface area contributed by atoms with Crippen LogP contribution in [0.4, 0.5) is 5.82 Å². The minimum absolute atomic E-state index is 0.153. The fraction of sp³-hybridized carbons (Fsp3) is 0.200. The van der Waals surface area contributed by atoms with Crippen LogP contribution in [0.25, 0.3) is 0 Å². The summed E-state index contributed by atoms with van der Waals surface area (Å²) in [5, 5.41) is 18.8. The monoisotopic (exact) mass is 350 g/mol. The summed E-state index contributed by atoms with van der Waals surface area (Å²) < 4.78 is 0.889. The molecule has 0 unspecified atom stereocenters. The first kappa shape index (κ1) is 15.3. The molecule has 0 fully saturated rings. The van der Waals surface area contributed by atoms with E-state index in [1.807, 2.05) is 17.9 Å². The maximum absolute atomic E-state index is 10.8. The van der Waals surface area contributed by atoms with Gasteiger partial charge in [-0.25, -0.2) is 9.78 Å². The van der Waals surface area contributed by atoms with Crippen molar-refractivity contribution in [2.45, 2.75) is 13.5 Å². The second-order valence-corrected chi connectivity index (χ2v) is 5.41. The molecule has 0 aliphatic heterocycles. The van der Waals surface area contributed by atoms with Gasteiger partial charge in [-0.3, -0.25) is 0 Å². The van der Waals surface area contributed by atoms with Gasteiger partial charge in [0, 0.05) is 29.3 Å². The number of halogens is 1. The molecule has 1 aromatic carbocycles. The van der Waals surface area contributed by atoms with E-state index in [9.17, 15) is 9.90 Å². The first-order valence-electron chi connectivity index (χ1n) is 6.43. The number of aromatic nitrogens is 1. The molecule has 21 heavy (non-hydrogen) atoms. The van der Waals surface area contributed by atoms with Crippen LogP contribution in [0, 0.1) is 0 Å². The summed E-state index contributed by atoms with van der Waals surface area (Å²) >= 11 is 3.38. The van der Waals surface area contributed by atoms with Crippen molar-refractivity contribution in [2.75, 3.05) is 11.4 Å². The standard InChI is InChI=1S/C15H15BrN2O3/c1-2-18(9-11-7-12(16)4-5-13(11)19)14-6-3-10(8-17-14)15(20)21/h3-8,19H,2,9H2,1H3,(H,20,21). The van der Waals surface area contributed by atoms with E-state index in [1.165, 1.54) is 12.3 Å². The van der Waals surface area contributed by atoms with Crippen LogP contribution in [0.3, 0.4) is 0 Å². The van der Waals surface area contributed by atoms with Gasteiger partial charge in [-0.2, -0.15) is 0 Å². The number of phenolic OH excluding ortho intramolecular Hbond substituents is 1. The van der Waals surface area contributed by atoms with Crippen molar-refractivity contribution in [3.63, 3.8) is 0 Å². The number of pyridine rings is 1. The van der Waals surface area contributed by atoms with Crippen LogP contribution in [0.2, 0.25) is 0 Å². The third-order valence-corrected chi connectivity index (χ3v) is 3.60. The summed E-state index contributed by atoms with van der Waals surface area (Å²) in [5.41, 5.74) is 0.926. The second kappa shape index (κ2) is 6.58. The van der Waals surface area contributed by atoms with Crippen molar-refractivity contribution in [3.05, 3.63) is 52.1 Å². The van der Waals surface area contributed by atoms with Crippen molar-refractivity contribution >= 4 is 27.7 Å². The smallest absolute Gasteiger partial charge is 0.337 e. The molecule has 2 N–H and O–H groups in total. The number of carboxylic acids is 1. The Labute approximate surface area is 131 Å². The number of aromatic hydroxyl groups is 1. The average Bonchev–Trinajstić information content (AvgIpc) is 2.48. The van der Waals surface area contributed by atoms with Crippen molar-refractivity contribution in [3.8, 4) is 5.75 Å². The van der Waals surface area contributed by atoms with Crippen LogP contribution in [-0.2, 0) is 6.54 Å². The molecule has 1 aromatic heterocycles. The maximum Gasteiger partial charge on any atom is 0.337 e. The molecule has 0 bridgehead atoms. The lowest BCUT2D eigenvalue weighted by atomic mass is 10.2. The summed E-state index contributed by atoms with van der Waals surface area (Å²) in [6.07, 6.45) is 1.33. The highest BCUT2D eigenvalue weighted by atomic mass is 79.9. The molecule has 0 aliphatic carbocycles. The van der Waals surface area contributed by atoms with Gasteiger partial charge in [0.1, 0.15) is 11.6 Å². The Morgan fingerprint density at radius 1 is 1.33 bits per heavy atom. The topological polar surface area (TPSA) is 73.7 Å². The lowest BCUT2D eigenvalue weighted by Gasteiger charge is -2.22. The number of benzene rings is 1. The largest absolute Gasteiger partial charge is 0.508 e. The molecule has 0 aliphatic rings. The number of nitrogens with zero attached hydrogens (tertiary/aromatic N) is 2. The maximum atomic E-state index is 10.8. The molecule has 0 atom stereocenters. The van der Waals surface area contributed by atoms with E-state index in [4.69, 9.17) is 5.11 Å². The van der Waals surface area contributed by atoms with E-state index in [0.717, 1.165) is 10.0 Å². The van der Waals surface area contributed by atoms with E-state index < -0.39 is 5.97 Å². The molecule has 1 heterocycles. The Morgan fingerprint density at radius 3 is 2.67 bits per heavy atom. The second-order valence-electron chi connectivity index (χ2n) is 4.50. The Hall–Kier alpha value is -2.08. The highest BCUT2D eigenvalue weighted by molar-refractivity contribution is 9.10. The fourth-order valence-corrected chi connectivity index (χ4v) is 2.35. The van der Waals surface area contributed by atoms with Crippen LogP contribution in [-0.4, -0.2) is 27.7 Å². The molecule has 2 aromatic rings. The van der Waals surface area contributed by atoms with Gasteiger partial charge >= 0.3 is 5.97 Å². The van der Waals surface area contributed by atoms with Crippen molar-refractivity contribution in [2.24, 2.45) is 0 Å². The SMILES string of the molecule is CCN(Cc1cc(Br)ccc1O)c1ccc(C(=O)O)cn1. The zero-order chi connectivity index (χ0) is 15.4. The van der Waals surface area contributed by atoms with Crippen molar-refractivity contribution in [1.82, 2.24) is 4.98 Å². The molecular weight excluding hydrogens is 336 g/mol. The Morgan fingerprint density at radius 2 is 2.10 bits per heavy atom. The first-order chi connectivity index (χ1) is 10.0. The molecular formula is C15H15BrN2O3. The fourth-order valence-electron chi connectivity index (χ4n) is 1.94. The van der Waals surface area contributed by atoms with Gasteiger partial charge in [0.2, 0.25) is 0 Å². The molecule has 2 rings (SSSR count). The predicted octanol–water partition coefficient (Wildman–Crippen LogP) is 3.27. The zero-order valence-electron chi connectivity index (χ0n) is 11.5. The summed E-state index contributed by atoms with van der Waals surface area (Å²) in [6, 6.07) is 8.45. The highest BCUT2D eigenvalue weighted by Gasteiger charge is 2.11. The molecule has 0 saturated carbocycles. The summed E-state index contributed by atoms with van der Waals surface area (Å²) in [7, 11) is 0. The Balaban J connectivity index is 2.23. The van der Waals surface area contributed by atoms with Crippen molar-refractivity contribution in [1.29, 1.82) is 0 Å². The zero-order valence-corrected chi connectivity index (χ0v) is 13.0. The Kier molecular flexibility index (Phi) is 4.80.